The third-order valence-electron chi connectivity index (χ3n) is 17.0. The average Bonchev–Trinajstić information content (AvgIpc) is 0.763. The van der Waals surface area contributed by atoms with Gasteiger partial charge >= 0.3 is 53.7 Å². The van der Waals surface area contributed by atoms with E-state index in [4.69, 9.17) is 52.1 Å². The molecule has 2 unspecified atom stereocenters. The van der Waals surface area contributed by atoms with Gasteiger partial charge in [-0.1, -0.05) is 0 Å². The number of aliphatic hydroxyl groups is 1. The van der Waals surface area contributed by atoms with Crippen LogP contribution in [0, 0.1) is 0 Å². The predicted molar refractivity (Wildman–Crippen MR) is 383 cm³/mol. The van der Waals surface area contributed by atoms with Crippen molar-refractivity contribution in [2.24, 2.45) is 0 Å². The molecule has 1 aliphatic rings. The highest BCUT2D eigenvalue weighted by Crippen LogP contribution is 2.48. The molecule has 11 rings (SSSR count). The minimum atomic E-state index is -3.10. The molecule has 122 heavy (non-hydrogen) atoms. The topological polar surface area (TPSA) is 781 Å². The molecule has 26 N–H and O–H groups in total. The Labute approximate surface area is 672 Å². The van der Waals surface area contributed by atoms with E-state index in [0.29, 0.717) is 121 Å². The zero-order valence-electron chi connectivity index (χ0n) is 60.0. The Morgan fingerprint density at radius 2 is 0.434 bits per heavy atom. The van der Waals surface area contributed by atoms with E-state index in [2.05, 4.69) is 0 Å². The molecule has 0 spiro atoms. The largest absolute Gasteiger partial charge is 0.504 e. The van der Waals surface area contributed by atoms with E-state index in [1.165, 1.54) is 0 Å². The van der Waals surface area contributed by atoms with Crippen molar-refractivity contribution in [1.29, 1.82) is 0 Å². The SMILES string of the molecule is O=C(Oc1cc(C(=O)OC2O[C@H](COC(O)c3cc(O)c(O)c(OC(=O)c4cc(O)c(O)c(O)c4)c3)[C@@H](OC(=O)c3cc(O)c(O)c(OC(=O)c4cc(O)c(O)c(O)c4)c3)[C@H](OC(=O)c3cc(O)c(O)c(OC(=O)c4cc(O)c(O)c(O)c4)c3)[C@H]2OC(=O)c2cc(O)c(O)c(OC(=O)c3cc(O)c(O)c(O)c3)c2)cc(O)c1O)c1cc(O)c(O)c(O)c1. The first-order valence-corrected chi connectivity index (χ1v) is 33.3. The first kappa shape index (κ1) is 85.2. The molecule has 0 saturated carbocycles. The number of hydrogen-bond donors (Lipinski definition) is 26. The molecule has 1 aliphatic heterocycles. The second-order valence-corrected chi connectivity index (χ2v) is 25.3. The van der Waals surface area contributed by atoms with Crippen LogP contribution in [0.5, 0.6) is 172 Å². The second kappa shape index (κ2) is 33.6. The number of esters is 9. The van der Waals surface area contributed by atoms with E-state index in [-0.39, 0.29) is 0 Å². The molecule has 0 amide bonds. The lowest BCUT2D eigenvalue weighted by molar-refractivity contribution is -0.291. The maximum atomic E-state index is 15.3. The number of benzene rings is 10. The zero-order valence-corrected chi connectivity index (χ0v) is 60.0. The van der Waals surface area contributed by atoms with Crippen molar-refractivity contribution in [3.63, 3.8) is 0 Å². The van der Waals surface area contributed by atoms with Crippen molar-refractivity contribution < 1.29 is 228 Å². The molecule has 6 atom stereocenters. The normalized spacial score (nSPS) is 15.0. The van der Waals surface area contributed by atoms with Gasteiger partial charge in [0.1, 0.15) is 6.10 Å². The molecule has 0 bridgehead atoms. The summed E-state index contributed by atoms with van der Waals surface area (Å²) in [6.07, 6.45) is -17.6. The van der Waals surface area contributed by atoms with Gasteiger partial charge in [0.05, 0.1) is 56.7 Å². The van der Waals surface area contributed by atoms with Crippen LogP contribution in [0.1, 0.15) is 105 Å². The molecule has 10 aromatic carbocycles. The van der Waals surface area contributed by atoms with E-state index in [9.17, 15) is 162 Å². The van der Waals surface area contributed by atoms with Crippen LogP contribution in [0.4, 0.5) is 0 Å². The first-order chi connectivity index (χ1) is 57.4. The highest BCUT2D eigenvalue weighted by molar-refractivity contribution is 6.00. The number of aromatic hydroxyl groups is 25. The molecule has 1 heterocycles. The summed E-state index contributed by atoms with van der Waals surface area (Å²) in [6.45, 7) is -1.61. The van der Waals surface area contributed by atoms with Crippen LogP contribution in [0.15, 0.2) is 121 Å². The first-order valence-electron chi connectivity index (χ1n) is 33.3. The lowest BCUT2D eigenvalue weighted by atomic mass is 9.97. The fraction of sp³-hybridized carbons (Fsp3) is 0.0921. The monoisotopic (exact) mass is 1700 g/mol. The predicted octanol–water partition coefficient (Wildman–Crippen LogP) is 4.69. The number of ether oxygens (including phenoxy) is 11. The average molecular weight is 1700 g/mol. The summed E-state index contributed by atoms with van der Waals surface area (Å²) in [5, 5.41) is 273. The van der Waals surface area contributed by atoms with Gasteiger partial charge in [0.25, 0.3) is 0 Å². The molecule has 1 saturated heterocycles. The molecule has 10 aromatic rings. The quantitative estimate of drug-likeness (QED) is 0.0144. The summed E-state index contributed by atoms with van der Waals surface area (Å²) in [7, 11) is 0. The molecule has 0 aromatic heterocycles. The maximum absolute atomic E-state index is 15.3. The molecule has 0 radical (unpaired) electrons. The number of aliphatic hydroxyl groups excluding tert-OH is 1. The lowest BCUT2D eigenvalue weighted by Crippen LogP contribution is -2.63. The van der Waals surface area contributed by atoms with Crippen LogP contribution in [0.25, 0.3) is 0 Å². The van der Waals surface area contributed by atoms with Crippen molar-refractivity contribution >= 4 is 53.7 Å². The molecule has 46 nitrogen and oxygen atoms in total. The fourth-order valence-electron chi connectivity index (χ4n) is 10.9. The van der Waals surface area contributed by atoms with Gasteiger partial charge in [0.15, 0.2) is 162 Å². The van der Waals surface area contributed by atoms with Gasteiger partial charge in [-0.2, -0.15) is 0 Å². The molecule has 1 fully saturated rings. The Morgan fingerprint density at radius 3 is 0.689 bits per heavy atom. The summed E-state index contributed by atoms with van der Waals surface area (Å²) in [6, 6.07) is 8.93. The van der Waals surface area contributed by atoms with Crippen molar-refractivity contribution in [3.8, 4) is 172 Å². The van der Waals surface area contributed by atoms with Crippen LogP contribution < -0.4 is 23.7 Å². The number of phenolic OH excluding ortho intramolecular Hbond substituents is 25. The molecular weight excluding hydrogens is 1650 g/mol. The number of carbonyl (C=O) groups is 9. The van der Waals surface area contributed by atoms with Crippen LogP contribution in [0.3, 0.4) is 0 Å². The third kappa shape index (κ3) is 17.7. The van der Waals surface area contributed by atoms with E-state index in [1.54, 1.807) is 0 Å². The summed E-state index contributed by atoms with van der Waals surface area (Å²) >= 11 is 0. The fourth-order valence-corrected chi connectivity index (χ4v) is 10.9. The Kier molecular flexibility index (Phi) is 23.5. The van der Waals surface area contributed by atoms with Gasteiger partial charge in [-0.3, -0.25) is 0 Å². The zero-order chi connectivity index (χ0) is 89.4. The van der Waals surface area contributed by atoms with E-state index in [1.807, 2.05) is 0 Å². The van der Waals surface area contributed by atoms with E-state index < -0.39 is 325 Å². The Balaban J connectivity index is 1.09. The highest BCUT2D eigenvalue weighted by atomic mass is 16.8. The number of phenols is 25. The van der Waals surface area contributed by atoms with Gasteiger partial charge in [-0.05, 0) is 121 Å². The smallest absolute Gasteiger partial charge is 0.343 e. The van der Waals surface area contributed by atoms with Crippen molar-refractivity contribution in [3.05, 3.63) is 177 Å². The van der Waals surface area contributed by atoms with E-state index >= 15 is 14.4 Å². The van der Waals surface area contributed by atoms with Crippen LogP contribution in [-0.4, -0.2) is 224 Å². The number of carbonyl (C=O) groups excluding carboxylic acids is 9. The second-order valence-electron chi connectivity index (χ2n) is 25.3. The van der Waals surface area contributed by atoms with Crippen molar-refractivity contribution in [1.82, 2.24) is 0 Å². The van der Waals surface area contributed by atoms with E-state index in [0.717, 1.165) is 0 Å². The number of rotatable bonds is 22. The Morgan fingerprint density at radius 1 is 0.238 bits per heavy atom. The van der Waals surface area contributed by atoms with Crippen molar-refractivity contribution in [2.45, 2.75) is 37.0 Å². The van der Waals surface area contributed by atoms with Gasteiger partial charge in [0, 0.05) is 5.56 Å². The third-order valence-corrected chi connectivity index (χ3v) is 17.0. The van der Waals surface area contributed by atoms with Crippen LogP contribution in [0.2, 0.25) is 0 Å². The summed E-state index contributed by atoms with van der Waals surface area (Å²) < 4.78 is 60.8. The standard InChI is InChI=1S/C76H54O46/c77-32-1-22(2-33(78)53(32)92)67(103)113-47-16-27(11-42(87)58(47)97)66(102)112-21-52-63(119-72(108)28-12-43(88)59(98)48(17-28)114-68(104)23-3-34(79)54(93)35(80)4-23)64(120-73(109)29-13-44(89)60(99)49(18-29)115-69(105)24-5-36(81)55(94)37(82)6-24)65(121-74(110)30-14-45(90)61(100)50(19-30)116-70(106)25-7-38(83)56(95)39(84)8-25)76(118-52)122-75(111)31-15-46(91)62(101)51(20-31)117-71(107)26-9-40(85)57(96)41(86)10-26/h1-20,52,63-66,76-102H,21H2/t52-,63-,64+,65-,66?,76?/m1/s1. The molecule has 634 valence electrons. The highest BCUT2D eigenvalue weighted by Gasteiger charge is 2.55. The van der Waals surface area contributed by atoms with Crippen LogP contribution in [-0.2, 0) is 28.4 Å². The van der Waals surface area contributed by atoms with Gasteiger partial charge in [0.2, 0.25) is 41.1 Å². The summed E-state index contributed by atoms with van der Waals surface area (Å²) in [5.74, 6) is -53.6. The molecule has 46 heteroatoms. The maximum Gasteiger partial charge on any atom is 0.343 e. The number of hydrogen-bond acceptors (Lipinski definition) is 46. The Hall–Kier alpha value is -17.7. The summed E-state index contributed by atoms with van der Waals surface area (Å²) in [4.78, 5) is 128. The minimum Gasteiger partial charge on any atom is -0.504 e. The molecule has 0 aliphatic carbocycles. The van der Waals surface area contributed by atoms with Gasteiger partial charge < -0.3 is 185 Å². The Bertz CT molecular complexity index is 5910. The van der Waals surface area contributed by atoms with Gasteiger partial charge in [-0.15, -0.1) is 0 Å². The van der Waals surface area contributed by atoms with Crippen LogP contribution >= 0.6 is 0 Å². The lowest BCUT2D eigenvalue weighted by Gasteiger charge is -2.44. The summed E-state index contributed by atoms with van der Waals surface area (Å²) in [5.41, 5.74) is -9.59. The minimum absolute atomic E-state index is 0.306. The van der Waals surface area contributed by atoms with Gasteiger partial charge in [-0.25, -0.2) is 43.2 Å². The molecular formula is C76H54O46. The van der Waals surface area contributed by atoms with Crippen molar-refractivity contribution in [2.75, 3.05) is 6.61 Å².